The second-order valence-electron chi connectivity index (χ2n) is 5.36. The Bertz CT molecular complexity index is 264. The van der Waals surface area contributed by atoms with E-state index >= 15 is 0 Å². The number of phosphoric ester groups is 1. The lowest BCUT2D eigenvalue weighted by Crippen LogP contribution is -1.99. The molecule has 0 radical (unpaired) electrons. The van der Waals surface area contributed by atoms with Gasteiger partial charge < -0.3 is 4.89 Å². The summed E-state index contributed by atoms with van der Waals surface area (Å²) in [5, 5.41) is 1.01. The van der Waals surface area contributed by atoms with Crippen LogP contribution in [0.2, 0.25) is 0 Å². The summed E-state index contributed by atoms with van der Waals surface area (Å²) in [6.45, 7) is 2.81. The largest absolute Gasteiger partial charge is 0.472 e. The summed E-state index contributed by atoms with van der Waals surface area (Å²) in [6, 6.07) is 0. The van der Waals surface area contributed by atoms with Gasteiger partial charge in [0.25, 0.3) is 0 Å². The first-order valence-corrected chi connectivity index (χ1v) is 10.9. The lowest BCUT2D eigenvalue weighted by atomic mass is 10.1. The van der Waals surface area contributed by atoms with Crippen molar-refractivity contribution in [3.05, 3.63) is 0 Å². The van der Waals surface area contributed by atoms with Gasteiger partial charge in [0.05, 0.1) is 13.2 Å². The number of hydrogen-bond acceptors (Lipinski definition) is 3. The topological polar surface area (TPSA) is 55.8 Å². The number of rotatable bonds is 16. The second-order valence-corrected chi connectivity index (χ2v) is 7.61. The maximum Gasteiger partial charge on any atom is 0.472 e. The zero-order valence-electron chi connectivity index (χ0n) is 13.4. The van der Waals surface area contributed by atoms with E-state index in [0.717, 1.165) is 43.9 Å². The molecule has 0 aromatic heterocycles. The molecule has 0 heterocycles. The average molecular weight is 387 g/mol. The van der Waals surface area contributed by atoms with Crippen LogP contribution >= 0.6 is 23.8 Å². The highest BCUT2D eigenvalue weighted by atomic mass is 79.9. The first-order valence-electron chi connectivity index (χ1n) is 8.30. The Kier molecular flexibility index (Phi) is 15.9. The van der Waals surface area contributed by atoms with Gasteiger partial charge in [0, 0.05) is 5.33 Å². The van der Waals surface area contributed by atoms with E-state index in [0.29, 0.717) is 13.2 Å². The molecule has 0 saturated carbocycles. The summed E-state index contributed by atoms with van der Waals surface area (Å²) in [6.07, 6.45) is 12.2. The third-order valence-corrected chi connectivity index (χ3v) is 4.86. The van der Waals surface area contributed by atoms with Gasteiger partial charge in [-0.25, -0.2) is 4.57 Å². The van der Waals surface area contributed by atoms with Crippen LogP contribution in [0.4, 0.5) is 0 Å². The standard InChI is InChI=1S/C15H32BrO4P/c1-2-3-4-5-6-8-11-14-19-21(17,18)20-15-12-9-7-10-13-16/h2-15H2,1H3,(H,17,18). The van der Waals surface area contributed by atoms with Crippen molar-refractivity contribution < 1.29 is 18.5 Å². The summed E-state index contributed by atoms with van der Waals surface area (Å²) in [5.74, 6) is 0. The van der Waals surface area contributed by atoms with Crippen molar-refractivity contribution in [3.63, 3.8) is 0 Å². The second kappa shape index (κ2) is 15.5. The van der Waals surface area contributed by atoms with Crippen molar-refractivity contribution in [2.24, 2.45) is 0 Å². The summed E-state index contributed by atoms with van der Waals surface area (Å²) in [7, 11) is -3.82. The molecule has 0 spiro atoms. The molecular formula is C15H32BrO4P. The third-order valence-electron chi connectivity index (χ3n) is 3.28. The number of halogens is 1. The number of hydrogen-bond donors (Lipinski definition) is 1. The quantitative estimate of drug-likeness (QED) is 0.206. The van der Waals surface area contributed by atoms with Crippen LogP contribution in [0.1, 0.15) is 77.6 Å². The van der Waals surface area contributed by atoms with Gasteiger partial charge in [0.1, 0.15) is 0 Å². The van der Waals surface area contributed by atoms with Gasteiger partial charge in [-0.05, 0) is 19.3 Å². The molecular weight excluding hydrogens is 355 g/mol. The Hall–Kier alpha value is 0.590. The fraction of sp³-hybridized carbons (Fsp3) is 1.00. The van der Waals surface area contributed by atoms with Gasteiger partial charge in [0.2, 0.25) is 0 Å². The normalized spacial score (nSPS) is 14.2. The van der Waals surface area contributed by atoms with E-state index in [1.54, 1.807) is 0 Å². The molecule has 0 saturated heterocycles. The lowest BCUT2D eigenvalue weighted by Gasteiger charge is -2.12. The number of phosphoric acid groups is 1. The van der Waals surface area contributed by atoms with E-state index in [-0.39, 0.29) is 0 Å². The van der Waals surface area contributed by atoms with Gasteiger partial charge in [-0.1, -0.05) is 74.2 Å². The minimum absolute atomic E-state index is 0.299. The average Bonchev–Trinajstić information content (AvgIpc) is 2.45. The van der Waals surface area contributed by atoms with Crippen LogP contribution in [0.3, 0.4) is 0 Å². The first kappa shape index (κ1) is 21.6. The summed E-state index contributed by atoms with van der Waals surface area (Å²) >= 11 is 3.37. The van der Waals surface area contributed by atoms with E-state index in [1.807, 2.05) is 0 Å². The molecule has 0 aliphatic heterocycles. The zero-order chi connectivity index (χ0) is 15.8. The molecule has 4 nitrogen and oxygen atoms in total. The fourth-order valence-electron chi connectivity index (χ4n) is 2.01. The Morgan fingerprint density at radius 2 is 1.24 bits per heavy atom. The van der Waals surface area contributed by atoms with E-state index in [9.17, 15) is 9.46 Å². The van der Waals surface area contributed by atoms with E-state index in [2.05, 4.69) is 22.9 Å². The molecule has 0 fully saturated rings. The first-order chi connectivity index (χ1) is 10.1. The number of unbranched alkanes of at least 4 members (excludes halogenated alkanes) is 9. The number of alkyl halides is 1. The van der Waals surface area contributed by atoms with Crippen molar-refractivity contribution in [1.29, 1.82) is 0 Å². The van der Waals surface area contributed by atoms with E-state index in [1.165, 1.54) is 32.1 Å². The molecule has 21 heavy (non-hydrogen) atoms. The lowest BCUT2D eigenvalue weighted by molar-refractivity contribution is 0.145. The van der Waals surface area contributed by atoms with Crippen LogP contribution in [-0.4, -0.2) is 23.4 Å². The highest BCUT2D eigenvalue weighted by molar-refractivity contribution is 9.09. The van der Waals surface area contributed by atoms with Crippen LogP contribution in [0.5, 0.6) is 0 Å². The zero-order valence-corrected chi connectivity index (χ0v) is 15.9. The third kappa shape index (κ3) is 16.8. The molecule has 0 bridgehead atoms. The Morgan fingerprint density at radius 3 is 1.71 bits per heavy atom. The SMILES string of the molecule is CCCCCCCCCOP(=O)(O)OCCCCCCBr. The van der Waals surface area contributed by atoms with Crippen LogP contribution < -0.4 is 0 Å². The molecule has 6 heteroatoms. The Morgan fingerprint density at radius 1 is 0.810 bits per heavy atom. The minimum Gasteiger partial charge on any atom is -0.302 e. The van der Waals surface area contributed by atoms with Crippen molar-refractivity contribution in [1.82, 2.24) is 0 Å². The Balaban J connectivity index is 3.36. The summed E-state index contributed by atoms with van der Waals surface area (Å²) in [4.78, 5) is 9.49. The van der Waals surface area contributed by atoms with Crippen molar-refractivity contribution >= 4 is 23.8 Å². The van der Waals surface area contributed by atoms with Crippen molar-refractivity contribution in [2.75, 3.05) is 18.5 Å². The molecule has 0 rings (SSSR count). The van der Waals surface area contributed by atoms with Crippen molar-refractivity contribution in [2.45, 2.75) is 77.6 Å². The predicted molar refractivity (Wildman–Crippen MR) is 92.0 cm³/mol. The summed E-state index contributed by atoms with van der Waals surface area (Å²) in [5.41, 5.74) is 0. The highest BCUT2D eigenvalue weighted by Crippen LogP contribution is 2.43. The molecule has 1 atom stereocenters. The molecule has 0 aliphatic carbocycles. The maximum atomic E-state index is 11.6. The molecule has 128 valence electrons. The van der Waals surface area contributed by atoms with Gasteiger partial charge >= 0.3 is 7.82 Å². The maximum absolute atomic E-state index is 11.6. The van der Waals surface area contributed by atoms with Crippen LogP contribution in [0, 0.1) is 0 Å². The van der Waals surface area contributed by atoms with Crippen molar-refractivity contribution in [3.8, 4) is 0 Å². The molecule has 0 aromatic rings. The fourth-order valence-corrected chi connectivity index (χ4v) is 3.20. The van der Waals surface area contributed by atoms with Gasteiger partial charge in [0.15, 0.2) is 0 Å². The molecule has 0 aromatic carbocycles. The summed E-state index contributed by atoms with van der Waals surface area (Å²) < 4.78 is 21.5. The molecule has 1 unspecified atom stereocenters. The minimum atomic E-state index is -3.82. The molecule has 1 N–H and O–H groups in total. The molecule has 0 aliphatic rings. The van der Waals surface area contributed by atoms with E-state index < -0.39 is 7.82 Å². The Labute approximate surface area is 138 Å². The van der Waals surface area contributed by atoms with E-state index in [4.69, 9.17) is 9.05 Å². The van der Waals surface area contributed by atoms with Crippen LogP contribution in [0.15, 0.2) is 0 Å². The highest BCUT2D eigenvalue weighted by Gasteiger charge is 2.19. The monoisotopic (exact) mass is 386 g/mol. The van der Waals surface area contributed by atoms with Crippen LogP contribution in [-0.2, 0) is 13.6 Å². The predicted octanol–water partition coefficient (Wildman–Crippen LogP) is 5.83. The van der Waals surface area contributed by atoms with Crippen LogP contribution in [0.25, 0.3) is 0 Å². The molecule has 0 amide bonds. The van der Waals surface area contributed by atoms with Gasteiger partial charge in [-0.3, -0.25) is 9.05 Å². The van der Waals surface area contributed by atoms with Gasteiger partial charge in [-0.15, -0.1) is 0 Å². The van der Waals surface area contributed by atoms with Gasteiger partial charge in [-0.2, -0.15) is 0 Å². The smallest absolute Gasteiger partial charge is 0.302 e.